The van der Waals surface area contributed by atoms with Gasteiger partial charge in [-0.1, -0.05) is 231 Å². The van der Waals surface area contributed by atoms with Gasteiger partial charge in [-0.15, -0.1) is 0 Å². The standard InChI is InChI=1S/C64H105NO8/c1-3-5-7-9-11-13-15-17-19-21-22-23-24-25-26-27-28-29-30-31-32-33-34-35-36-38-40-42-44-46-48-50-52-54-60(68)65-57(56-72-64-63(71)62(70)61(69)59(55-66)73-64)58(67)53-51-49-47-45-43-41-39-37-20-18-16-14-12-10-8-6-4-2/h5,7,11,13,17,19,22-23,25-26,28-29,31-32,34-35,38,40,43,45,51,53,57-59,61-64,66-67,69-71H,3-4,6,8-10,12,14-16,18,20-21,24,27,30,33,36-37,39,41-42,44,46-50,52,54-56H2,1-2H3,(H,65,68)/b7-5-,13-11-,19-17-,23-22-,26-25-,29-28-,32-31-,35-34-,40-38-,45-43+,53-51+. The Morgan fingerprint density at radius 1 is 0.479 bits per heavy atom. The van der Waals surface area contributed by atoms with E-state index in [0.717, 1.165) is 116 Å². The molecule has 0 aromatic heterocycles. The lowest BCUT2D eigenvalue weighted by atomic mass is 9.99. The number of amides is 1. The predicted molar refractivity (Wildman–Crippen MR) is 308 cm³/mol. The van der Waals surface area contributed by atoms with E-state index in [0.29, 0.717) is 6.42 Å². The Labute approximate surface area is 445 Å². The summed E-state index contributed by atoms with van der Waals surface area (Å²) in [5, 5.41) is 54.4. The molecule has 7 atom stereocenters. The van der Waals surface area contributed by atoms with Gasteiger partial charge in [0.15, 0.2) is 6.29 Å². The van der Waals surface area contributed by atoms with E-state index in [1.54, 1.807) is 6.08 Å². The van der Waals surface area contributed by atoms with Crippen LogP contribution in [0.15, 0.2) is 134 Å². The second kappa shape index (κ2) is 51.8. The lowest BCUT2D eigenvalue weighted by Gasteiger charge is -2.40. The first-order chi connectivity index (χ1) is 35.8. The van der Waals surface area contributed by atoms with Gasteiger partial charge in [-0.25, -0.2) is 0 Å². The molecule has 0 radical (unpaired) electrons. The molecule has 1 fully saturated rings. The van der Waals surface area contributed by atoms with Gasteiger partial charge in [0.1, 0.15) is 24.4 Å². The largest absolute Gasteiger partial charge is 0.394 e. The number of rotatable bonds is 47. The van der Waals surface area contributed by atoms with Gasteiger partial charge in [0.2, 0.25) is 5.91 Å². The molecular weight excluding hydrogens is 911 g/mol. The lowest BCUT2D eigenvalue weighted by molar-refractivity contribution is -0.302. The molecule has 0 spiro atoms. The zero-order valence-electron chi connectivity index (χ0n) is 45.8. The molecule has 0 bridgehead atoms. The van der Waals surface area contributed by atoms with E-state index in [1.807, 2.05) is 6.08 Å². The molecule has 1 heterocycles. The maximum absolute atomic E-state index is 13.0. The predicted octanol–water partition coefficient (Wildman–Crippen LogP) is 14.5. The van der Waals surface area contributed by atoms with Gasteiger partial charge in [0.05, 0.1) is 25.4 Å². The summed E-state index contributed by atoms with van der Waals surface area (Å²) in [4.78, 5) is 13.0. The molecule has 1 saturated heterocycles. The Morgan fingerprint density at radius 2 is 0.863 bits per heavy atom. The smallest absolute Gasteiger partial charge is 0.220 e. The maximum Gasteiger partial charge on any atom is 0.220 e. The third kappa shape index (κ3) is 41.3. The molecule has 73 heavy (non-hydrogen) atoms. The van der Waals surface area contributed by atoms with Gasteiger partial charge in [-0.2, -0.15) is 0 Å². The van der Waals surface area contributed by atoms with E-state index in [1.165, 1.54) is 70.6 Å². The van der Waals surface area contributed by atoms with Crippen molar-refractivity contribution in [3.05, 3.63) is 134 Å². The fourth-order valence-corrected chi connectivity index (χ4v) is 8.16. The van der Waals surface area contributed by atoms with Gasteiger partial charge in [-0.05, 0) is 103 Å². The highest BCUT2D eigenvalue weighted by atomic mass is 16.7. The van der Waals surface area contributed by atoms with Crippen molar-refractivity contribution in [2.24, 2.45) is 0 Å². The fraction of sp³-hybridized carbons (Fsp3) is 0.641. The van der Waals surface area contributed by atoms with Crippen LogP contribution in [0.25, 0.3) is 0 Å². The molecule has 6 N–H and O–H groups in total. The quantitative estimate of drug-likeness (QED) is 0.0261. The number of carbonyl (C=O) groups is 1. The molecule has 0 aromatic rings. The maximum atomic E-state index is 13.0. The number of allylic oxidation sites excluding steroid dienone is 21. The van der Waals surface area contributed by atoms with Gasteiger partial charge in [0, 0.05) is 6.42 Å². The third-order valence-corrected chi connectivity index (χ3v) is 12.7. The lowest BCUT2D eigenvalue weighted by Crippen LogP contribution is -2.60. The van der Waals surface area contributed by atoms with Gasteiger partial charge >= 0.3 is 0 Å². The molecule has 1 rings (SSSR count). The van der Waals surface area contributed by atoms with Crippen molar-refractivity contribution in [3.8, 4) is 0 Å². The summed E-state index contributed by atoms with van der Waals surface area (Å²) < 4.78 is 11.2. The van der Waals surface area contributed by atoms with Crippen molar-refractivity contribution in [3.63, 3.8) is 0 Å². The summed E-state index contributed by atoms with van der Waals surface area (Å²) >= 11 is 0. The molecule has 414 valence electrons. The summed E-state index contributed by atoms with van der Waals surface area (Å²) in [7, 11) is 0. The van der Waals surface area contributed by atoms with E-state index in [-0.39, 0.29) is 12.5 Å². The summed E-state index contributed by atoms with van der Waals surface area (Å²) in [5.41, 5.74) is 0. The van der Waals surface area contributed by atoms with Crippen molar-refractivity contribution in [2.75, 3.05) is 13.2 Å². The van der Waals surface area contributed by atoms with Crippen LogP contribution in [0.4, 0.5) is 0 Å². The van der Waals surface area contributed by atoms with Crippen LogP contribution >= 0.6 is 0 Å². The van der Waals surface area contributed by atoms with Crippen LogP contribution < -0.4 is 5.32 Å². The second-order valence-electron chi connectivity index (χ2n) is 19.3. The highest BCUT2D eigenvalue weighted by Gasteiger charge is 2.44. The fourth-order valence-electron chi connectivity index (χ4n) is 8.16. The molecule has 7 unspecified atom stereocenters. The number of carbonyl (C=O) groups excluding carboxylic acids is 1. The van der Waals surface area contributed by atoms with Gasteiger partial charge in [0.25, 0.3) is 0 Å². The van der Waals surface area contributed by atoms with Crippen LogP contribution in [0.5, 0.6) is 0 Å². The highest BCUT2D eigenvalue weighted by Crippen LogP contribution is 2.22. The molecule has 9 heteroatoms. The van der Waals surface area contributed by atoms with E-state index in [4.69, 9.17) is 9.47 Å². The Morgan fingerprint density at radius 3 is 1.32 bits per heavy atom. The number of hydrogen-bond acceptors (Lipinski definition) is 8. The van der Waals surface area contributed by atoms with Crippen LogP contribution in [-0.4, -0.2) is 87.5 Å². The van der Waals surface area contributed by atoms with E-state index >= 15 is 0 Å². The van der Waals surface area contributed by atoms with Crippen LogP contribution in [0.1, 0.15) is 206 Å². The molecule has 0 aliphatic carbocycles. The number of hydrogen-bond donors (Lipinski definition) is 6. The first-order valence-electron chi connectivity index (χ1n) is 28.9. The molecular formula is C64H105NO8. The van der Waals surface area contributed by atoms with Crippen molar-refractivity contribution >= 4 is 5.91 Å². The van der Waals surface area contributed by atoms with Crippen LogP contribution in [0.3, 0.4) is 0 Å². The SMILES string of the molecule is CC/C=C\C/C=C\C/C=C\C/C=C\C/C=C\C/C=C\C/C=C\C/C=C\C/C=C\CCCCCCCC(=O)NC(COC1OC(CO)C(O)C(O)C1O)C(O)/C=C/CC/C=C/CCCCCCCCCCCCC. The molecule has 1 aliphatic heterocycles. The first-order valence-corrected chi connectivity index (χ1v) is 28.9. The zero-order chi connectivity index (χ0) is 52.9. The number of aliphatic hydroxyl groups excluding tert-OH is 5. The molecule has 1 amide bonds. The van der Waals surface area contributed by atoms with Gasteiger partial charge in [-0.3, -0.25) is 4.79 Å². The summed E-state index contributed by atoms with van der Waals surface area (Å²) in [6.45, 7) is 3.62. The minimum atomic E-state index is -1.58. The van der Waals surface area contributed by atoms with Crippen molar-refractivity contribution in [2.45, 2.75) is 249 Å². The average Bonchev–Trinajstić information content (AvgIpc) is 3.39. The zero-order valence-corrected chi connectivity index (χ0v) is 45.8. The van der Waals surface area contributed by atoms with Crippen molar-refractivity contribution < 1.29 is 39.8 Å². The monoisotopic (exact) mass is 1020 g/mol. The normalized spacial score (nSPS) is 20.1. The van der Waals surface area contributed by atoms with Crippen LogP contribution in [-0.2, 0) is 14.3 Å². The second-order valence-corrected chi connectivity index (χ2v) is 19.3. The Kier molecular flexibility index (Phi) is 47.8. The Hall–Kier alpha value is -3.67. The minimum absolute atomic E-state index is 0.212. The Bertz CT molecular complexity index is 1600. The number of unbranched alkanes of at least 4 members (excludes halogenated alkanes) is 17. The molecule has 9 nitrogen and oxygen atoms in total. The topological polar surface area (TPSA) is 149 Å². The summed E-state index contributed by atoms with van der Waals surface area (Å²) in [5.74, 6) is -0.212. The van der Waals surface area contributed by atoms with Crippen molar-refractivity contribution in [1.82, 2.24) is 5.32 Å². The van der Waals surface area contributed by atoms with Crippen LogP contribution in [0, 0.1) is 0 Å². The van der Waals surface area contributed by atoms with E-state index in [9.17, 15) is 30.3 Å². The first kappa shape index (κ1) is 67.3. The minimum Gasteiger partial charge on any atom is -0.394 e. The molecule has 0 saturated carbocycles. The Balaban J connectivity index is 2.27. The number of nitrogens with one attached hydrogen (secondary N) is 1. The molecule has 0 aromatic carbocycles. The van der Waals surface area contributed by atoms with E-state index in [2.05, 4.69) is 141 Å². The average molecular weight is 1020 g/mol. The number of aliphatic hydroxyl groups is 5. The third-order valence-electron chi connectivity index (χ3n) is 12.7. The van der Waals surface area contributed by atoms with E-state index < -0.39 is 49.5 Å². The van der Waals surface area contributed by atoms with Crippen LogP contribution in [0.2, 0.25) is 0 Å². The van der Waals surface area contributed by atoms with Crippen molar-refractivity contribution in [1.29, 1.82) is 0 Å². The highest BCUT2D eigenvalue weighted by molar-refractivity contribution is 5.76. The summed E-state index contributed by atoms with van der Waals surface area (Å²) in [6.07, 6.45) is 72.2. The van der Waals surface area contributed by atoms with Gasteiger partial charge < -0.3 is 40.3 Å². The number of ether oxygens (including phenoxy) is 2. The molecule has 1 aliphatic rings. The summed E-state index contributed by atoms with van der Waals surface area (Å²) in [6, 6.07) is -0.843.